The number of nitrogens with one attached hydrogen (secondary N) is 2. The SMILES string of the molecule is CCNC(=NCc1nnc2n1CCCCC2)NCc1ccc(CC)s1.I. The fourth-order valence-electron chi connectivity index (χ4n) is 3.03. The van der Waals surface area contributed by atoms with Crippen molar-refractivity contribution in [3.8, 4) is 0 Å². The first-order chi connectivity index (χ1) is 12.3. The van der Waals surface area contributed by atoms with Gasteiger partial charge in [0.15, 0.2) is 11.8 Å². The van der Waals surface area contributed by atoms with Crippen molar-refractivity contribution in [3.05, 3.63) is 33.5 Å². The Hall–Kier alpha value is -1.16. The summed E-state index contributed by atoms with van der Waals surface area (Å²) in [5.41, 5.74) is 0. The van der Waals surface area contributed by atoms with Crippen LogP contribution in [0.2, 0.25) is 0 Å². The lowest BCUT2D eigenvalue weighted by Crippen LogP contribution is -2.36. The van der Waals surface area contributed by atoms with E-state index < -0.39 is 0 Å². The van der Waals surface area contributed by atoms with Crippen molar-refractivity contribution in [2.45, 2.75) is 65.6 Å². The van der Waals surface area contributed by atoms with E-state index in [2.05, 4.69) is 51.4 Å². The Balaban J connectivity index is 0.00000243. The van der Waals surface area contributed by atoms with Gasteiger partial charge in [0.1, 0.15) is 12.4 Å². The third kappa shape index (κ3) is 5.67. The van der Waals surface area contributed by atoms with Crippen molar-refractivity contribution in [1.82, 2.24) is 25.4 Å². The summed E-state index contributed by atoms with van der Waals surface area (Å²) in [4.78, 5) is 7.47. The maximum Gasteiger partial charge on any atom is 0.191 e. The molecule has 2 N–H and O–H groups in total. The lowest BCUT2D eigenvalue weighted by atomic mass is 10.2. The van der Waals surface area contributed by atoms with Crippen LogP contribution in [0.15, 0.2) is 17.1 Å². The van der Waals surface area contributed by atoms with Crippen LogP contribution in [-0.4, -0.2) is 27.3 Å². The van der Waals surface area contributed by atoms with Gasteiger partial charge >= 0.3 is 0 Å². The molecule has 0 atom stereocenters. The Kier molecular flexibility index (Phi) is 8.83. The molecule has 0 fully saturated rings. The van der Waals surface area contributed by atoms with E-state index in [-0.39, 0.29) is 24.0 Å². The molecule has 1 aliphatic rings. The van der Waals surface area contributed by atoms with Crippen LogP contribution in [0.1, 0.15) is 54.5 Å². The molecule has 0 spiro atoms. The number of hydrogen-bond acceptors (Lipinski definition) is 4. The molecule has 3 rings (SSSR count). The molecule has 0 amide bonds. The summed E-state index contributed by atoms with van der Waals surface area (Å²) in [6.07, 6.45) is 5.82. The number of thiophene rings is 1. The van der Waals surface area contributed by atoms with Crippen LogP contribution in [0, 0.1) is 0 Å². The van der Waals surface area contributed by atoms with Gasteiger partial charge in [0, 0.05) is 29.3 Å². The van der Waals surface area contributed by atoms with Crippen molar-refractivity contribution < 1.29 is 0 Å². The zero-order valence-electron chi connectivity index (χ0n) is 15.6. The largest absolute Gasteiger partial charge is 0.357 e. The van der Waals surface area contributed by atoms with Crippen LogP contribution in [0.3, 0.4) is 0 Å². The Labute approximate surface area is 176 Å². The maximum atomic E-state index is 4.71. The predicted octanol–water partition coefficient (Wildman–Crippen LogP) is 3.50. The minimum atomic E-state index is 0. The zero-order chi connectivity index (χ0) is 17.5. The van der Waals surface area contributed by atoms with Gasteiger partial charge in [-0.05, 0) is 38.3 Å². The molecule has 0 aliphatic carbocycles. The van der Waals surface area contributed by atoms with Crippen molar-refractivity contribution in [2.75, 3.05) is 6.54 Å². The maximum absolute atomic E-state index is 4.71. The quantitative estimate of drug-likeness (QED) is 0.371. The first-order valence-electron chi connectivity index (χ1n) is 9.30. The molecule has 26 heavy (non-hydrogen) atoms. The molecule has 0 saturated heterocycles. The molecule has 144 valence electrons. The molecule has 0 saturated carbocycles. The van der Waals surface area contributed by atoms with Gasteiger partial charge < -0.3 is 15.2 Å². The minimum absolute atomic E-state index is 0. The van der Waals surface area contributed by atoms with E-state index in [1.54, 1.807) is 0 Å². The van der Waals surface area contributed by atoms with Crippen molar-refractivity contribution in [2.24, 2.45) is 4.99 Å². The highest BCUT2D eigenvalue weighted by molar-refractivity contribution is 14.0. The number of nitrogens with zero attached hydrogens (tertiary/aromatic N) is 4. The highest BCUT2D eigenvalue weighted by Gasteiger charge is 2.14. The monoisotopic (exact) mass is 488 g/mol. The summed E-state index contributed by atoms with van der Waals surface area (Å²) in [5.74, 6) is 2.92. The van der Waals surface area contributed by atoms with E-state index in [1.807, 2.05) is 11.3 Å². The third-order valence-electron chi connectivity index (χ3n) is 4.40. The van der Waals surface area contributed by atoms with Gasteiger partial charge in [-0.25, -0.2) is 4.99 Å². The summed E-state index contributed by atoms with van der Waals surface area (Å²) in [5, 5.41) is 15.4. The molecule has 0 bridgehead atoms. The van der Waals surface area contributed by atoms with E-state index in [0.717, 1.165) is 50.1 Å². The van der Waals surface area contributed by atoms with E-state index in [1.165, 1.54) is 29.0 Å². The number of aryl methyl sites for hydroxylation is 2. The summed E-state index contributed by atoms with van der Waals surface area (Å²) < 4.78 is 2.26. The van der Waals surface area contributed by atoms with Gasteiger partial charge in [0.2, 0.25) is 0 Å². The van der Waals surface area contributed by atoms with Crippen LogP contribution in [-0.2, 0) is 32.5 Å². The van der Waals surface area contributed by atoms with Gasteiger partial charge in [-0.1, -0.05) is 13.3 Å². The number of guanidine groups is 1. The van der Waals surface area contributed by atoms with Gasteiger partial charge in [0.25, 0.3) is 0 Å². The molecule has 2 aromatic heterocycles. The third-order valence-corrected chi connectivity index (χ3v) is 5.63. The van der Waals surface area contributed by atoms with Crippen LogP contribution < -0.4 is 10.6 Å². The topological polar surface area (TPSA) is 67.1 Å². The molecule has 3 heterocycles. The summed E-state index contributed by atoms with van der Waals surface area (Å²) >= 11 is 1.86. The second-order valence-corrected chi connectivity index (χ2v) is 7.52. The van der Waals surface area contributed by atoms with Gasteiger partial charge in [-0.3, -0.25) is 0 Å². The average molecular weight is 488 g/mol. The first kappa shape index (κ1) is 21.1. The molecule has 2 aromatic rings. The minimum Gasteiger partial charge on any atom is -0.357 e. The van der Waals surface area contributed by atoms with Gasteiger partial charge in [0.05, 0.1) is 6.54 Å². The van der Waals surface area contributed by atoms with Crippen molar-refractivity contribution >= 4 is 41.3 Å². The average Bonchev–Trinajstić information content (AvgIpc) is 3.18. The molecular formula is C18H29IN6S. The van der Waals surface area contributed by atoms with E-state index in [4.69, 9.17) is 4.99 Å². The van der Waals surface area contributed by atoms with Crippen LogP contribution in [0.5, 0.6) is 0 Å². The molecule has 0 aromatic carbocycles. The second kappa shape index (κ2) is 10.9. The standard InChI is InChI=1S/C18H28N6S.HI/c1-3-14-9-10-15(25-14)12-20-18(19-4-2)21-13-17-23-22-16-8-6-5-7-11-24(16)17;/h9-10H,3-8,11-13H2,1-2H3,(H2,19,20,21);1H. The van der Waals surface area contributed by atoms with Crippen molar-refractivity contribution in [3.63, 3.8) is 0 Å². The van der Waals surface area contributed by atoms with E-state index in [0.29, 0.717) is 6.54 Å². The smallest absolute Gasteiger partial charge is 0.191 e. The fourth-order valence-corrected chi connectivity index (χ4v) is 3.93. The molecule has 8 heteroatoms. The highest BCUT2D eigenvalue weighted by Crippen LogP contribution is 2.17. The number of aromatic nitrogens is 3. The summed E-state index contributed by atoms with van der Waals surface area (Å²) in [6.45, 7) is 7.50. The Morgan fingerprint density at radius 2 is 2.00 bits per heavy atom. The number of aliphatic imine (C=N–C) groups is 1. The molecular weight excluding hydrogens is 459 g/mol. The number of fused-ring (bicyclic) bond motifs is 1. The van der Waals surface area contributed by atoms with Crippen LogP contribution >= 0.6 is 35.3 Å². The lowest BCUT2D eigenvalue weighted by Gasteiger charge is -2.11. The first-order valence-corrected chi connectivity index (χ1v) is 10.1. The Bertz CT molecular complexity index is 708. The van der Waals surface area contributed by atoms with E-state index in [9.17, 15) is 0 Å². The normalized spacial score (nSPS) is 14.3. The number of hydrogen-bond donors (Lipinski definition) is 2. The molecule has 0 unspecified atom stereocenters. The van der Waals surface area contributed by atoms with Crippen LogP contribution in [0.4, 0.5) is 0 Å². The van der Waals surface area contributed by atoms with E-state index >= 15 is 0 Å². The molecule has 0 radical (unpaired) electrons. The Morgan fingerprint density at radius 1 is 1.15 bits per heavy atom. The van der Waals surface area contributed by atoms with Gasteiger partial charge in [-0.15, -0.1) is 45.5 Å². The fraction of sp³-hybridized carbons (Fsp3) is 0.611. The second-order valence-electron chi connectivity index (χ2n) is 6.27. The lowest BCUT2D eigenvalue weighted by molar-refractivity contribution is 0.605. The predicted molar refractivity (Wildman–Crippen MR) is 118 cm³/mol. The molecule has 1 aliphatic heterocycles. The van der Waals surface area contributed by atoms with Crippen molar-refractivity contribution in [1.29, 1.82) is 0 Å². The summed E-state index contributed by atoms with van der Waals surface area (Å²) in [7, 11) is 0. The molecule has 6 nitrogen and oxygen atoms in total. The van der Waals surface area contributed by atoms with Crippen LogP contribution in [0.25, 0.3) is 0 Å². The zero-order valence-corrected chi connectivity index (χ0v) is 18.8. The highest BCUT2D eigenvalue weighted by atomic mass is 127. The van der Waals surface area contributed by atoms with Gasteiger partial charge in [-0.2, -0.15) is 0 Å². The number of halogens is 1. The Morgan fingerprint density at radius 3 is 2.77 bits per heavy atom. The number of rotatable bonds is 6. The summed E-state index contributed by atoms with van der Waals surface area (Å²) in [6, 6.07) is 4.40.